The standard InChI is InChI=1S/C60H44N2.2CHF3O3S/c1-5-19-41(20-6-1)53-39-57(45-25-9-3-10-26-45)61(59-47-29-15-13-23-43(47)35-37-51(53)59)55-33-17-32-50-49(55)31-18-34-56(50)62-58(46-27-11-4-12-28-46)40-54(42-21-7-2-8-22-42)52-38-36-44-24-14-16-30-48(44)60(52)62;2*2-1(3,4)8(5,6)7/h1-34,39-40H,35-38H2;2*(H,5,6,7)/q+2;;/p-2. The molecule has 0 bridgehead atoms. The van der Waals surface area contributed by atoms with E-state index >= 15 is 0 Å². The third-order valence-corrected chi connectivity index (χ3v) is 14.9. The van der Waals surface area contributed by atoms with E-state index in [0.717, 1.165) is 25.7 Å². The summed E-state index contributed by atoms with van der Waals surface area (Å²) >= 11 is 0. The van der Waals surface area contributed by atoms with Crippen molar-refractivity contribution in [1.29, 1.82) is 0 Å². The lowest BCUT2D eigenvalue weighted by atomic mass is 9.83. The predicted molar refractivity (Wildman–Crippen MR) is 286 cm³/mol. The highest BCUT2D eigenvalue weighted by atomic mass is 32.2. The number of alkyl halides is 6. The van der Waals surface area contributed by atoms with Crippen molar-refractivity contribution in [2.24, 2.45) is 0 Å². The molecule has 2 heterocycles. The van der Waals surface area contributed by atoms with Crippen LogP contribution < -0.4 is 9.13 Å². The Labute approximate surface area is 446 Å². The Balaban J connectivity index is 0.000000377. The molecule has 8 aromatic carbocycles. The average molecular weight is 1090 g/mol. The molecule has 0 saturated carbocycles. The maximum absolute atomic E-state index is 10.7. The summed E-state index contributed by atoms with van der Waals surface area (Å²) in [6, 6.07) is 80.8. The van der Waals surface area contributed by atoms with Crippen molar-refractivity contribution in [3.63, 3.8) is 0 Å². The third kappa shape index (κ3) is 10.5. The van der Waals surface area contributed by atoms with Crippen molar-refractivity contribution in [2.45, 2.75) is 36.7 Å². The van der Waals surface area contributed by atoms with Gasteiger partial charge in [0.2, 0.25) is 34.2 Å². The van der Waals surface area contributed by atoms with Gasteiger partial charge in [-0.25, -0.2) is 16.8 Å². The van der Waals surface area contributed by atoms with E-state index in [9.17, 15) is 26.3 Å². The first-order valence-corrected chi connectivity index (χ1v) is 27.3. The Bertz CT molecular complexity index is 3840. The van der Waals surface area contributed by atoms with Gasteiger partial charge in [-0.15, -0.1) is 0 Å². The zero-order valence-electron chi connectivity index (χ0n) is 41.0. The zero-order chi connectivity index (χ0) is 55.0. The summed E-state index contributed by atoms with van der Waals surface area (Å²) in [4.78, 5) is 0. The Morgan fingerprint density at radius 2 is 0.641 bits per heavy atom. The van der Waals surface area contributed by atoms with Crippen LogP contribution in [0.4, 0.5) is 26.3 Å². The lowest BCUT2D eigenvalue weighted by molar-refractivity contribution is -0.572. The van der Waals surface area contributed by atoms with Gasteiger partial charge < -0.3 is 9.11 Å². The quantitative estimate of drug-likeness (QED) is 0.0707. The topological polar surface area (TPSA) is 122 Å². The van der Waals surface area contributed by atoms with Crippen LogP contribution in [0.25, 0.3) is 89.4 Å². The Kier molecular flexibility index (Phi) is 14.5. The molecule has 16 heteroatoms. The SMILES string of the molecule is O=S(=O)([O-])C(F)(F)F.O=S(=O)([O-])C(F)(F)F.c1ccc(-c2cc(-c3ccccc3)[n+](-c3cccc4c(-[n+]5c(-c6ccccc6)cc(-c6ccccc6)c6c5-c5ccccc5CC6)cccc34)c3c2CCc2ccccc2-3)cc1. The van der Waals surface area contributed by atoms with E-state index in [0.29, 0.717) is 0 Å². The summed E-state index contributed by atoms with van der Waals surface area (Å²) in [6.45, 7) is 0. The first-order chi connectivity index (χ1) is 37.3. The Hall–Kier alpha value is -8.28. The first kappa shape index (κ1) is 53.1. The van der Waals surface area contributed by atoms with Gasteiger partial charge in [0.25, 0.3) is 0 Å². The molecule has 0 atom stereocenters. The van der Waals surface area contributed by atoms with E-state index in [-0.39, 0.29) is 0 Å². The maximum Gasteiger partial charge on any atom is 0.485 e. The van der Waals surface area contributed by atoms with Gasteiger partial charge in [0.05, 0.1) is 21.9 Å². The molecule has 0 saturated heterocycles. The summed E-state index contributed by atoms with van der Waals surface area (Å²) in [7, 11) is -12.2. The zero-order valence-corrected chi connectivity index (χ0v) is 42.7. The molecule has 8 nitrogen and oxygen atoms in total. The molecular weight excluding hydrogens is 1050 g/mol. The lowest BCUT2D eigenvalue weighted by Gasteiger charge is -2.24. The first-order valence-electron chi connectivity index (χ1n) is 24.5. The monoisotopic (exact) mass is 1090 g/mol. The van der Waals surface area contributed by atoms with Gasteiger partial charge in [-0.2, -0.15) is 35.5 Å². The number of benzene rings is 8. The molecule has 0 fully saturated rings. The second-order valence-electron chi connectivity index (χ2n) is 18.4. The molecule has 0 radical (unpaired) electrons. The molecule has 0 unspecified atom stereocenters. The van der Waals surface area contributed by atoms with Crippen molar-refractivity contribution >= 4 is 31.0 Å². The molecule has 2 aliphatic rings. The number of aromatic nitrogens is 2. The number of nitrogens with zero attached hydrogens (tertiary/aromatic N) is 2. The summed E-state index contributed by atoms with van der Waals surface area (Å²) in [6.07, 6.45) is 3.96. The largest absolute Gasteiger partial charge is 0.741 e. The highest BCUT2D eigenvalue weighted by Crippen LogP contribution is 2.43. The van der Waals surface area contributed by atoms with Crippen molar-refractivity contribution < 1.29 is 61.4 Å². The molecule has 0 N–H and O–H groups in total. The van der Waals surface area contributed by atoms with Crippen molar-refractivity contribution in [3.8, 4) is 78.7 Å². The van der Waals surface area contributed by atoms with E-state index in [4.69, 9.17) is 25.9 Å². The van der Waals surface area contributed by atoms with Crippen LogP contribution in [0.1, 0.15) is 22.3 Å². The molecular formula is C62H44F6N2O6S2. The molecule has 10 aromatic rings. The number of fused-ring (bicyclic) bond motifs is 7. The molecule has 392 valence electrons. The van der Waals surface area contributed by atoms with E-state index in [2.05, 4.69) is 228 Å². The van der Waals surface area contributed by atoms with Crippen LogP contribution >= 0.6 is 0 Å². The number of hydrogen-bond donors (Lipinski definition) is 0. The van der Waals surface area contributed by atoms with Gasteiger partial charge in [0.1, 0.15) is 0 Å². The molecule has 0 amide bonds. The maximum atomic E-state index is 10.7. The summed E-state index contributed by atoms with van der Waals surface area (Å²) < 4.78 is 123. The lowest BCUT2D eigenvalue weighted by Crippen LogP contribution is -2.40. The van der Waals surface area contributed by atoms with Crippen molar-refractivity contribution in [3.05, 3.63) is 241 Å². The molecule has 0 aliphatic heterocycles. The fourth-order valence-electron chi connectivity index (χ4n) is 10.4. The van der Waals surface area contributed by atoms with Crippen LogP contribution in [-0.4, -0.2) is 37.0 Å². The van der Waals surface area contributed by atoms with E-state index in [1.54, 1.807) is 0 Å². The van der Waals surface area contributed by atoms with Gasteiger partial charge in [-0.1, -0.05) is 146 Å². The van der Waals surface area contributed by atoms with Crippen molar-refractivity contribution in [1.82, 2.24) is 0 Å². The minimum atomic E-state index is -6.09. The van der Waals surface area contributed by atoms with Crippen LogP contribution in [0.3, 0.4) is 0 Å². The minimum absolute atomic E-state index is 0.970. The van der Waals surface area contributed by atoms with Gasteiger partial charge >= 0.3 is 11.0 Å². The number of rotatable bonds is 6. The van der Waals surface area contributed by atoms with Crippen LogP contribution in [0.15, 0.2) is 218 Å². The van der Waals surface area contributed by atoms with Crippen molar-refractivity contribution in [2.75, 3.05) is 0 Å². The molecule has 0 spiro atoms. The Morgan fingerprint density at radius 3 is 0.962 bits per heavy atom. The highest BCUT2D eigenvalue weighted by Gasteiger charge is 2.39. The van der Waals surface area contributed by atoms with E-state index < -0.39 is 31.3 Å². The molecule has 2 aromatic heterocycles. The summed E-state index contributed by atoms with van der Waals surface area (Å²) in [5.41, 5.74) is 11.6. The van der Waals surface area contributed by atoms with E-state index in [1.807, 2.05) is 0 Å². The van der Waals surface area contributed by atoms with Gasteiger partial charge in [-0.3, -0.25) is 0 Å². The van der Waals surface area contributed by atoms with Gasteiger partial charge in [0.15, 0.2) is 20.2 Å². The van der Waals surface area contributed by atoms with E-state index in [1.165, 1.54) is 112 Å². The third-order valence-electron chi connectivity index (χ3n) is 13.8. The second-order valence-corrected chi connectivity index (χ2v) is 21.2. The number of aryl methyl sites for hydroxylation is 2. The predicted octanol–water partition coefficient (Wildman–Crippen LogP) is 13.7. The Morgan fingerprint density at radius 1 is 0.346 bits per heavy atom. The highest BCUT2D eigenvalue weighted by molar-refractivity contribution is 7.86. The van der Waals surface area contributed by atoms with Gasteiger partial charge in [0, 0.05) is 46.5 Å². The van der Waals surface area contributed by atoms with Crippen LogP contribution in [0, 0.1) is 0 Å². The number of hydrogen-bond acceptors (Lipinski definition) is 6. The summed E-state index contributed by atoms with van der Waals surface area (Å²) in [5, 5.41) is 2.42. The smallest absolute Gasteiger partial charge is 0.485 e. The number of pyridine rings is 2. The minimum Gasteiger partial charge on any atom is -0.741 e. The normalized spacial score (nSPS) is 12.9. The average Bonchev–Trinajstić information content (AvgIpc) is 3.42. The van der Waals surface area contributed by atoms with Crippen LogP contribution in [-0.2, 0) is 45.9 Å². The fraction of sp³-hybridized carbons (Fsp3) is 0.0968. The molecule has 12 rings (SSSR count). The second kappa shape index (κ2) is 21.3. The summed E-state index contributed by atoms with van der Waals surface area (Å²) in [5.74, 6) is 0. The van der Waals surface area contributed by atoms with Gasteiger partial charge in [-0.05, 0) is 108 Å². The van der Waals surface area contributed by atoms with Crippen LogP contribution in [0.2, 0.25) is 0 Å². The number of halogens is 6. The van der Waals surface area contributed by atoms with Crippen LogP contribution in [0.5, 0.6) is 0 Å². The molecule has 78 heavy (non-hydrogen) atoms. The molecule has 2 aliphatic carbocycles. The fourth-order valence-corrected chi connectivity index (χ4v) is 10.4.